The van der Waals surface area contributed by atoms with E-state index < -0.39 is 0 Å². The SMILES string of the molecule is O=C(NCCc1ccccc1)[C@H]1Cc2ccccc2N2CCN(c3cccc(Cl)c3)C[C@H]12. The van der Waals surface area contributed by atoms with Gasteiger partial charge in [0.2, 0.25) is 5.91 Å². The molecule has 2 aliphatic rings. The van der Waals surface area contributed by atoms with Crippen LogP contribution in [0.1, 0.15) is 11.1 Å². The van der Waals surface area contributed by atoms with Crippen molar-refractivity contribution in [1.82, 2.24) is 5.32 Å². The third-order valence-corrected chi connectivity index (χ3v) is 6.92. The summed E-state index contributed by atoms with van der Waals surface area (Å²) < 4.78 is 0. The van der Waals surface area contributed by atoms with Crippen LogP contribution in [-0.2, 0) is 17.6 Å². The number of halogens is 1. The fraction of sp³-hybridized carbons (Fsp3) is 0.296. The van der Waals surface area contributed by atoms with Crippen LogP contribution in [0.15, 0.2) is 78.9 Å². The van der Waals surface area contributed by atoms with E-state index in [-0.39, 0.29) is 17.9 Å². The van der Waals surface area contributed by atoms with E-state index in [1.165, 1.54) is 16.8 Å². The van der Waals surface area contributed by atoms with E-state index in [1.807, 2.05) is 36.4 Å². The molecule has 1 N–H and O–H groups in total. The average Bonchev–Trinajstić information content (AvgIpc) is 2.84. The number of benzene rings is 3. The number of nitrogens with zero attached hydrogens (tertiary/aromatic N) is 2. The van der Waals surface area contributed by atoms with Crippen LogP contribution in [0.4, 0.5) is 11.4 Å². The molecule has 2 aliphatic heterocycles. The van der Waals surface area contributed by atoms with Crippen molar-refractivity contribution in [1.29, 1.82) is 0 Å². The number of nitrogens with one attached hydrogen (secondary N) is 1. The van der Waals surface area contributed by atoms with E-state index in [4.69, 9.17) is 11.6 Å². The molecular weight excluding hydrogens is 418 g/mol. The van der Waals surface area contributed by atoms with Gasteiger partial charge in [-0.2, -0.15) is 0 Å². The molecule has 3 aromatic rings. The standard InChI is InChI=1S/C27H28ClN3O/c28-22-10-6-11-23(18-22)30-15-16-31-25-12-5-4-9-21(25)17-24(26(31)19-30)27(32)29-14-13-20-7-2-1-3-8-20/h1-12,18,24,26H,13-17,19H2,(H,29,32)/t24-,26+/m0/s1. The molecule has 0 radical (unpaired) electrons. The van der Waals surface area contributed by atoms with Gasteiger partial charge in [-0.15, -0.1) is 0 Å². The van der Waals surface area contributed by atoms with Crippen molar-refractivity contribution in [3.05, 3.63) is 95.0 Å². The lowest BCUT2D eigenvalue weighted by atomic mass is 9.83. The predicted molar refractivity (Wildman–Crippen MR) is 132 cm³/mol. The Morgan fingerprint density at radius 2 is 1.78 bits per heavy atom. The average molecular weight is 446 g/mol. The first kappa shape index (κ1) is 20.9. The van der Waals surface area contributed by atoms with E-state index in [1.54, 1.807) is 0 Å². The van der Waals surface area contributed by atoms with Crippen molar-refractivity contribution >= 4 is 28.9 Å². The maximum Gasteiger partial charge on any atom is 0.225 e. The van der Waals surface area contributed by atoms with Gasteiger partial charge in [-0.05, 0) is 48.2 Å². The van der Waals surface area contributed by atoms with E-state index in [2.05, 4.69) is 57.6 Å². The summed E-state index contributed by atoms with van der Waals surface area (Å²) in [6, 6.07) is 27.0. The third-order valence-electron chi connectivity index (χ3n) is 6.69. The molecule has 0 aromatic heterocycles. The molecule has 0 unspecified atom stereocenters. The summed E-state index contributed by atoms with van der Waals surface area (Å²) in [5.41, 5.74) is 4.91. The highest BCUT2D eigenvalue weighted by molar-refractivity contribution is 6.30. The highest BCUT2D eigenvalue weighted by Gasteiger charge is 2.41. The zero-order valence-corrected chi connectivity index (χ0v) is 18.8. The van der Waals surface area contributed by atoms with Gasteiger partial charge in [0.1, 0.15) is 0 Å². The topological polar surface area (TPSA) is 35.6 Å². The first-order valence-electron chi connectivity index (χ1n) is 11.4. The van der Waals surface area contributed by atoms with Gasteiger partial charge >= 0.3 is 0 Å². The highest BCUT2D eigenvalue weighted by Crippen LogP contribution is 2.37. The molecule has 1 saturated heterocycles. The molecule has 5 rings (SSSR count). The Labute approximate surface area is 194 Å². The van der Waals surface area contributed by atoms with Gasteiger partial charge in [-0.25, -0.2) is 0 Å². The minimum atomic E-state index is -0.0809. The normalized spacial score (nSPS) is 19.8. The maximum atomic E-state index is 13.4. The van der Waals surface area contributed by atoms with Crippen LogP contribution >= 0.6 is 11.6 Å². The Kier molecular flexibility index (Phi) is 6.04. The van der Waals surface area contributed by atoms with Crippen LogP contribution in [0, 0.1) is 5.92 Å². The largest absolute Gasteiger partial charge is 0.368 e. The van der Waals surface area contributed by atoms with Crippen molar-refractivity contribution in [3.63, 3.8) is 0 Å². The lowest BCUT2D eigenvalue weighted by Crippen LogP contribution is -2.61. The predicted octanol–water partition coefficient (Wildman–Crippen LogP) is 4.57. The van der Waals surface area contributed by atoms with Gasteiger partial charge in [0, 0.05) is 42.6 Å². The number of hydrogen-bond donors (Lipinski definition) is 1. The van der Waals surface area contributed by atoms with E-state index in [0.29, 0.717) is 6.54 Å². The molecule has 5 heteroatoms. The van der Waals surface area contributed by atoms with Gasteiger partial charge in [0.05, 0.1) is 12.0 Å². The van der Waals surface area contributed by atoms with Crippen LogP contribution in [0.3, 0.4) is 0 Å². The monoisotopic (exact) mass is 445 g/mol. The molecule has 164 valence electrons. The van der Waals surface area contributed by atoms with Gasteiger partial charge in [0.25, 0.3) is 0 Å². The van der Waals surface area contributed by atoms with E-state index >= 15 is 0 Å². The molecule has 2 atom stereocenters. The third kappa shape index (κ3) is 4.33. The summed E-state index contributed by atoms with van der Waals surface area (Å²) in [6.45, 7) is 3.27. The second-order valence-electron chi connectivity index (χ2n) is 8.65. The van der Waals surface area contributed by atoms with E-state index in [9.17, 15) is 4.79 Å². The number of carbonyl (C=O) groups is 1. The molecule has 1 amide bonds. The number of hydrogen-bond acceptors (Lipinski definition) is 3. The van der Waals surface area contributed by atoms with Gasteiger partial charge in [0.15, 0.2) is 0 Å². The van der Waals surface area contributed by atoms with Crippen molar-refractivity contribution in [3.8, 4) is 0 Å². The van der Waals surface area contributed by atoms with Gasteiger partial charge in [-0.1, -0.05) is 66.2 Å². The molecule has 0 bridgehead atoms. The summed E-state index contributed by atoms with van der Waals surface area (Å²) >= 11 is 6.25. The van der Waals surface area contributed by atoms with Crippen LogP contribution < -0.4 is 15.1 Å². The summed E-state index contributed by atoms with van der Waals surface area (Å²) in [5.74, 6) is 0.0704. The molecule has 4 nitrogen and oxygen atoms in total. The molecule has 0 spiro atoms. The second-order valence-corrected chi connectivity index (χ2v) is 9.09. The minimum Gasteiger partial charge on any atom is -0.368 e. The van der Waals surface area contributed by atoms with Crippen molar-refractivity contribution < 1.29 is 4.79 Å². The number of para-hydroxylation sites is 1. The smallest absolute Gasteiger partial charge is 0.225 e. The number of carbonyl (C=O) groups excluding carboxylic acids is 1. The van der Waals surface area contributed by atoms with Crippen molar-refractivity contribution in [2.75, 3.05) is 36.0 Å². The Balaban J connectivity index is 1.35. The minimum absolute atomic E-state index is 0.0809. The Morgan fingerprint density at radius 1 is 0.969 bits per heavy atom. The Hall–Kier alpha value is -2.98. The number of piperazine rings is 1. The summed E-state index contributed by atoms with van der Waals surface area (Å²) in [7, 11) is 0. The molecule has 2 heterocycles. The fourth-order valence-corrected chi connectivity index (χ4v) is 5.26. The second kappa shape index (κ2) is 9.25. The molecule has 0 saturated carbocycles. The van der Waals surface area contributed by atoms with Crippen LogP contribution in [0.25, 0.3) is 0 Å². The number of amides is 1. The Bertz CT molecular complexity index is 1090. The molecular formula is C27H28ClN3O. The van der Waals surface area contributed by atoms with Gasteiger partial charge < -0.3 is 15.1 Å². The quantitative estimate of drug-likeness (QED) is 0.625. The number of anilines is 2. The zero-order valence-electron chi connectivity index (χ0n) is 18.1. The highest BCUT2D eigenvalue weighted by atomic mass is 35.5. The summed E-state index contributed by atoms with van der Waals surface area (Å²) in [5, 5.41) is 3.97. The van der Waals surface area contributed by atoms with Gasteiger partial charge in [-0.3, -0.25) is 4.79 Å². The first-order valence-corrected chi connectivity index (χ1v) is 11.7. The molecule has 0 aliphatic carbocycles. The molecule has 3 aromatic carbocycles. The van der Waals surface area contributed by atoms with E-state index in [0.717, 1.165) is 43.2 Å². The lowest BCUT2D eigenvalue weighted by Gasteiger charge is -2.49. The Morgan fingerprint density at radius 3 is 2.62 bits per heavy atom. The summed E-state index contributed by atoms with van der Waals surface area (Å²) in [4.78, 5) is 18.2. The number of rotatable bonds is 5. The van der Waals surface area contributed by atoms with Crippen molar-refractivity contribution in [2.45, 2.75) is 18.9 Å². The number of fused-ring (bicyclic) bond motifs is 3. The maximum absolute atomic E-state index is 13.4. The first-order chi connectivity index (χ1) is 15.7. The fourth-order valence-electron chi connectivity index (χ4n) is 5.07. The summed E-state index contributed by atoms with van der Waals surface area (Å²) in [6.07, 6.45) is 1.62. The molecule has 1 fully saturated rings. The van der Waals surface area contributed by atoms with Crippen LogP contribution in [-0.4, -0.2) is 38.1 Å². The van der Waals surface area contributed by atoms with Crippen molar-refractivity contribution in [2.24, 2.45) is 5.92 Å². The lowest BCUT2D eigenvalue weighted by molar-refractivity contribution is -0.125. The van der Waals surface area contributed by atoms with Crippen LogP contribution in [0.5, 0.6) is 0 Å². The zero-order chi connectivity index (χ0) is 21.9. The van der Waals surface area contributed by atoms with Crippen LogP contribution in [0.2, 0.25) is 5.02 Å². The molecule has 32 heavy (non-hydrogen) atoms.